The van der Waals surface area contributed by atoms with Crippen molar-refractivity contribution in [2.24, 2.45) is 7.05 Å². The highest BCUT2D eigenvalue weighted by Gasteiger charge is 2.40. The average molecular weight is 302 g/mol. The maximum atomic E-state index is 6.46. The largest absolute Gasteiger partial charge is 0.291 e. The van der Waals surface area contributed by atoms with Gasteiger partial charge in [-0.1, -0.05) is 18.5 Å². The van der Waals surface area contributed by atoms with E-state index in [4.69, 9.17) is 23.2 Å². The Morgan fingerprint density at radius 1 is 1.26 bits per heavy atom. The van der Waals surface area contributed by atoms with E-state index in [-0.39, 0.29) is 0 Å². The molecule has 0 spiro atoms. The van der Waals surface area contributed by atoms with Gasteiger partial charge in [-0.15, -0.1) is 11.6 Å². The fourth-order valence-electron chi connectivity index (χ4n) is 3.63. The minimum Gasteiger partial charge on any atom is -0.291 e. The molecule has 2 aliphatic heterocycles. The average Bonchev–Trinajstić information content (AvgIpc) is 2.77. The third-order valence-electron chi connectivity index (χ3n) is 4.66. The van der Waals surface area contributed by atoms with E-state index in [0.717, 1.165) is 42.2 Å². The molecule has 2 bridgehead atoms. The molecule has 2 unspecified atom stereocenters. The molecule has 5 heteroatoms. The number of piperidine rings is 1. The number of hydrogen-bond acceptors (Lipinski definition) is 2. The lowest BCUT2D eigenvalue weighted by molar-refractivity contribution is 0.131. The summed E-state index contributed by atoms with van der Waals surface area (Å²) in [5.74, 6) is 0. The molecule has 0 radical (unpaired) electrons. The summed E-state index contributed by atoms with van der Waals surface area (Å²) in [7, 11) is 2.00. The summed E-state index contributed by atoms with van der Waals surface area (Å²) in [6.07, 6.45) is 5.69. The van der Waals surface area contributed by atoms with E-state index in [9.17, 15) is 0 Å². The number of halogens is 2. The number of aryl methyl sites for hydroxylation is 2. The molecule has 2 aliphatic rings. The second-order valence-electron chi connectivity index (χ2n) is 5.81. The minimum atomic E-state index is 0.363. The summed E-state index contributed by atoms with van der Waals surface area (Å²) < 4.78 is 1.95. The number of alkyl halides is 1. The molecule has 2 fully saturated rings. The maximum absolute atomic E-state index is 6.46. The van der Waals surface area contributed by atoms with Crippen LogP contribution in [0.15, 0.2) is 0 Å². The van der Waals surface area contributed by atoms with Crippen molar-refractivity contribution in [2.75, 3.05) is 0 Å². The van der Waals surface area contributed by atoms with Gasteiger partial charge in [-0.25, -0.2) is 0 Å². The van der Waals surface area contributed by atoms with Crippen LogP contribution < -0.4 is 0 Å². The van der Waals surface area contributed by atoms with E-state index in [1.165, 1.54) is 12.8 Å². The molecule has 3 nitrogen and oxygen atoms in total. The van der Waals surface area contributed by atoms with E-state index in [1.54, 1.807) is 0 Å². The van der Waals surface area contributed by atoms with Gasteiger partial charge in [-0.2, -0.15) is 5.10 Å². The molecule has 3 heterocycles. The summed E-state index contributed by atoms with van der Waals surface area (Å²) >= 11 is 12.8. The summed E-state index contributed by atoms with van der Waals surface area (Å²) in [6, 6.07) is 1.27. The van der Waals surface area contributed by atoms with Crippen LogP contribution in [0, 0.1) is 0 Å². The molecular weight excluding hydrogens is 281 g/mol. The van der Waals surface area contributed by atoms with Gasteiger partial charge < -0.3 is 0 Å². The second-order valence-corrected chi connectivity index (χ2v) is 6.81. The molecule has 0 amide bonds. The van der Waals surface area contributed by atoms with Crippen LogP contribution in [0.1, 0.15) is 44.0 Å². The van der Waals surface area contributed by atoms with Crippen LogP contribution in [0.3, 0.4) is 0 Å². The SMILES string of the molecule is CCc1nn(C)c(CN2C3CCC2CC(Cl)C3)c1Cl. The Bertz CT molecular complexity index is 458. The fraction of sp³-hybridized carbons (Fsp3) is 0.786. The Morgan fingerprint density at radius 3 is 2.42 bits per heavy atom. The Morgan fingerprint density at radius 2 is 1.89 bits per heavy atom. The number of rotatable bonds is 3. The number of hydrogen-bond donors (Lipinski definition) is 0. The summed E-state index contributed by atoms with van der Waals surface area (Å²) in [5.41, 5.74) is 2.17. The summed E-state index contributed by atoms with van der Waals surface area (Å²) in [5, 5.41) is 5.73. The maximum Gasteiger partial charge on any atom is 0.0863 e. The quantitative estimate of drug-likeness (QED) is 0.798. The predicted molar refractivity (Wildman–Crippen MR) is 78.8 cm³/mol. The van der Waals surface area contributed by atoms with Gasteiger partial charge >= 0.3 is 0 Å². The zero-order valence-electron chi connectivity index (χ0n) is 11.6. The summed E-state index contributed by atoms with van der Waals surface area (Å²) in [6.45, 7) is 3.02. The Hall–Kier alpha value is -0.250. The van der Waals surface area contributed by atoms with Crippen LogP contribution in [0.2, 0.25) is 5.02 Å². The van der Waals surface area contributed by atoms with Crippen LogP contribution in [-0.4, -0.2) is 32.1 Å². The third-order valence-corrected chi connectivity index (χ3v) is 5.45. The van der Waals surface area contributed by atoms with E-state index >= 15 is 0 Å². The van der Waals surface area contributed by atoms with Crippen molar-refractivity contribution >= 4 is 23.2 Å². The van der Waals surface area contributed by atoms with Gasteiger partial charge in [0, 0.05) is 31.1 Å². The molecule has 1 aromatic heterocycles. The van der Waals surface area contributed by atoms with Crippen molar-refractivity contribution in [3.8, 4) is 0 Å². The first-order valence-electron chi connectivity index (χ1n) is 7.20. The summed E-state index contributed by atoms with van der Waals surface area (Å²) in [4.78, 5) is 2.60. The van der Waals surface area contributed by atoms with Crippen LogP contribution in [-0.2, 0) is 20.0 Å². The van der Waals surface area contributed by atoms with Crippen molar-refractivity contribution < 1.29 is 0 Å². The van der Waals surface area contributed by atoms with E-state index in [0.29, 0.717) is 17.5 Å². The highest BCUT2D eigenvalue weighted by atomic mass is 35.5. The zero-order valence-corrected chi connectivity index (χ0v) is 13.1. The highest BCUT2D eigenvalue weighted by Crippen LogP contribution is 2.39. The monoisotopic (exact) mass is 301 g/mol. The third kappa shape index (κ3) is 2.41. The van der Waals surface area contributed by atoms with Gasteiger partial charge in [0.15, 0.2) is 0 Å². The van der Waals surface area contributed by atoms with Crippen molar-refractivity contribution in [2.45, 2.75) is 63.0 Å². The van der Waals surface area contributed by atoms with Gasteiger partial charge in [-0.05, 0) is 32.1 Å². The second kappa shape index (κ2) is 5.27. The molecule has 0 N–H and O–H groups in total. The van der Waals surface area contributed by atoms with Crippen molar-refractivity contribution in [1.29, 1.82) is 0 Å². The highest BCUT2D eigenvalue weighted by molar-refractivity contribution is 6.31. The lowest BCUT2D eigenvalue weighted by Gasteiger charge is -2.36. The zero-order chi connectivity index (χ0) is 13.6. The van der Waals surface area contributed by atoms with Gasteiger partial charge in [0.2, 0.25) is 0 Å². The van der Waals surface area contributed by atoms with Gasteiger partial charge in [0.25, 0.3) is 0 Å². The topological polar surface area (TPSA) is 21.1 Å². The molecule has 0 aliphatic carbocycles. The molecule has 19 heavy (non-hydrogen) atoms. The fourth-order valence-corrected chi connectivity index (χ4v) is 4.40. The first kappa shape index (κ1) is 13.7. The first-order valence-corrected chi connectivity index (χ1v) is 8.01. The van der Waals surface area contributed by atoms with E-state index in [1.807, 2.05) is 11.7 Å². The molecule has 0 aromatic carbocycles. The van der Waals surface area contributed by atoms with Gasteiger partial charge in [0.1, 0.15) is 0 Å². The van der Waals surface area contributed by atoms with E-state index < -0.39 is 0 Å². The number of fused-ring (bicyclic) bond motifs is 2. The molecule has 0 saturated carbocycles. The van der Waals surface area contributed by atoms with Crippen LogP contribution in [0.5, 0.6) is 0 Å². The lowest BCUT2D eigenvalue weighted by atomic mass is 10.0. The minimum absolute atomic E-state index is 0.363. The van der Waals surface area contributed by atoms with Crippen molar-refractivity contribution in [3.05, 3.63) is 16.4 Å². The lowest BCUT2D eigenvalue weighted by Crippen LogP contribution is -2.43. The predicted octanol–water partition coefficient (Wildman–Crippen LogP) is 3.37. The van der Waals surface area contributed by atoms with Crippen LogP contribution >= 0.6 is 23.2 Å². The Balaban J connectivity index is 1.81. The van der Waals surface area contributed by atoms with E-state index in [2.05, 4.69) is 16.9 Å². The number of aromatic nitrogens is 2. The molecule has 2 saturated heterocycles. The normalized spacial score (nSPS) is 31.1. The Labute approximate surface area is 124 Å². The van der Waals surface area contributed by atoms with Crippen molar-refractivity contribution in [1.82, 2.24) is 14.7 Å². The number of nitrogens with zero attached hydrogens (tertiary/aromatic N) is 3. The smallest absolute Gasteiger partial charge is 0.0863 e. The Kier molecular flexibility index (Phi) is 3.80. The standard InChI is InChI=1S/C14H21Cl2N3/c1-3-12-14(16)13(18(2)17-12)8-19-10-4-5-11(19)7-9(15)6-10/h9-11H,3-8H2,1-2H3. The first-order chi connectivity index (χ1) is 9.10. The van der Waals surface area contributed by atoms with Crippen LogP contribution in [0.4, 0.5) is 0 Å². The van der Waals surface area contributed by atoms with Gasteiger partial charge in [0.05, 0.1) is 16.4 Å². The molecular formula is C14H21Cl2N3. The van der Waals surface area contributed by atoms with Crippen molar-refractivity contribution in [3.63, 3.8) is 0 Å². The molecule has 3 rings (SSSR count). The molecule has 2 atom stereocenters. The van der Waals surface area contributed by atoms with Crippen LogP contribution in [0.25, 0.3) is 0 Å². The molecule has 106 valence electrons. The van der Waals surface area contributed by atoms with Gasteiger partial charge in [-0.3, -0.25) is 9.58 Å². The molecule has 1 aromatic rings.